The van der Waals surface area contributed by atoms with Gasteiger partial charge in [0.2, 0.25) is 0 Å². The molecule has 0 aromatic heterocycles. The van der Waals surface area contributed by atoms with Crippen molar-refractivity contribution < 1.29 is 5.11 Å². The first kappa shape index (κ1) is 15.3. The average molecular weight is 267 g/mol. The monoisotopic (exact) mass is 267 g/mol. The van der Waals surface area contributed by atoms with Gasteiger partial charge in [0.25, 0.3) is 0 Å². The van der Waals surface area contributed by atoms with Crippen molar-refractivity contribution in [2.45, 2.75) is 83.8 Å². The molecule has 2 heteroatoms. The Hall–Kier alpha value is -0.0800. The van der Waals surface area contributed by atoms with E-state index in [0.29, 0.717) is 5.92 Å². The Balaban J connectivity index is 1.68. The van der Waals surface area contributed by atoms with Crippen LogP contribution in [-0.4, -0.2) is 23.8 Å². The van der Waals surface area contributed by atoms with E-state index in [0.717, 1.165) is 37.3 Å². The summed E-state index contributed by atoms with van der Waals surface area (Å²) in [5.41, 5.74) is 0. The molecule has 0 aromatic rings. The van der Waals surface area contributed by atoms with Crippen LogP contribution in [0.1, 0.15) is 71.6 Å². The predicted octanol–water partition coefficient (Wildman–Crippen LogP) is 3.73. The number of rotatable bonds is 4. The van der Waals surface area contributed by atoms with E-state index in [1.807, 2.05) is 0 Å². The van der Waals surface area contributed by atoms with Crippen LogP contribution >= 0.6 is 0 Å². The molecule has 2 fully saturated rings. The molecule has 0 bridgehead atoms. The number of hydrogen-bond acceptors (Lipinski definition) is 2. The van der Waals surface area contributed by atoms with Crippen molar-refractivity contribution in [1.29, 1.82) is 0 Å². The highest BCUT2D eigenvalue weighted by Crippen LogP contribution is 2.29. The van der Waals surface area contributed by atoms with E-state index in [1.165, 1.54) is 44.9 Å². The first-order valence-corrected chi connectivity index (χ1v) is 8.56. The Labute approximate surface area is 119 Å². The molecular formula is C17H33NO. The Kier molecular flexibility index (Phi) is 6.15. The molecule has 0 spiro atoms. The lowest BCUT2D eigenvalue weighted by Gasteiger charge is -2.28. The minimum atomic E-state index is -0.0278. The molecule has 4 atom stereocenters. The second-order valence-corrected chi connectivity index (χ2v) is 7.30. The van der Waals surface area contributed by atoms with Gasteiger partial charge in [0.1, 0.15) is 0 Å². The molecular weight excluding hydrogens is 234 g/mol. The van der Waals surface area contributed by atoms with Crippen molar-refractivity contribution in [2.24, 2.45) is 17.8 Å². The summed E-state index contributed by atoms with van der Waals surface area (Å²) in [7, 11) is 0. The maximum atomic E-state index is 9.73. The van der Waals surface area contributed by atoms with Crippen LogP contribution in [0, 0.1) is 17.8 Å². The van der Waals surface area contributed by atoms with Gasteiger partial charge in [-0.1, -0.05) is 33.1 Å². The van der Waals surface area contributed by atoms with Crippen molar-refractivity contribution in [3.8, 4) is 0 Å². The SMILES string of the molecule is CC(C)C1CCCC(NCC2CCCC(O)C2)CC1. The molecule has 0 aliphatic heterocycles. The Morgan fingerprint density at radius 3 is 2.53 bits per heavy atom. The first-order chi connectivity index (χ1) is 9.15. The topological polar surface area (TPSA) is 32.3 Å². The number of nitrogens with one attached hydrogen (secondary N) is 1. The molecule has 19 heavy (non-hydrogen) atoms. The van der Waals surface area contributed by atoms with Gasteiger partial charge in [-0.05, 0) is 62.8 Å². The molecule has 2 nitrogen and oxygen atoms in total. The lowest BCUT2D eigenvalue weighted by molar-refractivity contribution is 0.0993. The molecule has 2 N–H and O–H groups in total. The first-order valence-electron chi connectivity index (χ1n) is 8.56. The van der Waals surface area contributed by atoms with E-state index in [1.54, 1.807) is 0 Å². The zero-order chi connectivity index (χ0) is 13.7. The maximum absolute atomic E-state index is 9.73. The molecule has 0 radical (unpaired) electrons. The standard InChI is InChI=1S/C17H33NO/c1-13(2)15-6-4-7-16(10-9-15)18-12-14-5-3-8-17(19)11-14/h13-19H,3-12H2,1-2H3. The van der Waals surface area contributed by atoms with E-state index in [4.69, 9.17) is 0 Å². The fourth-order valence-corrected chi connectivity index (χ4v) is 3.98. The van der Waals surface area contributed by atoms with E-state index in [-0.39, 0.29) is 6.10 Å². The zero-order valence-electron chi connectivity index (χ0n) is 12.9. The summed E-state index contributed by atoms with van der Waals surface area (Å²) in [6, 6.07) is 0.739. The van der Waals surface area contributed by atoms with Gasteiger partial charge in [-0.2, -0.15) is 0 Å². The van der Waals surface area contributed by atoms with E-state index in [2.05, 4.69) is 19.2 Å². The third-order valence-electron chi connectivity index (χ3n) is 5.41. The van der Waals surface area contributed by atoms with Gasteiger partial charge < -0.3 is 10.4 Å². The van der Waals surface area contributed by atoms with Gasteiger partial charge in [-0.25, -0.2) is 0 Å². The highest BCUT2D eigenvalue weighted by atomic mass is 16.3. The predicted molar refractivity (Wildman–Crippen MR) is 81.2 cm³/mol. The quantitative estimate of drug-likeness (QED) is 0.761. The molecule has 112 valence electrons. The van der Waals surface area contributed by atoms with Crippen molar-refractivity contribution in [3.05, 3.63) is 0 Å². The lowest BCUT2D eigenvalue weighted by Crippen LogP contribution is -2.35. The van der Waals surface area contributed by atoms with Gasteiger partial charge in [0, 0.05) is 6.04 Å². The van der Waals surface area contributed by atoms with Crippen LogP contribution in [0.25, 0.3) is 0 Å². The zero-order valence-corrected chi connectivity index (χ0v) is 12.9. The van der Waals surface area contributed by atoms with Gasteiger partial charge in [0.05, 0.1) is 6.10 Å². The maximum Gasteiger partial charge on any atom is 0.0543 e. The smallest absolute Gasteiger partial charge is 0.0543 e. The summed E-state index contributed by atoms with van der Waals surface area (Å²) in [4.78, 5) is 0. The number of aliphatic hydroxyl groups is 1. The molecule has 0 heterocycles. The van der Waals surface area contributed by atoms with Crippen molar-refractivity contribution >= 4 is 0 Å². The van der Waals surface area contributed by atoms with Crippen LogP contribution in [0.4, 0.5) is 0 Å². The summed E-state index contributed by atoms with van der Waals surface area (Å²) < 4.78 is 0. The number of hydrogen-bond donors (Lipinski definition) is 2. The molecule has 4 unspecified atom stereocenters. The summed E-state index contributed by atoms with van der Waals surface area (Å²) in [6.45, 7) is 5.89. The Morgan fingerprint density at radius 1 is 1.00 bits per heavy atom. The van der Waals surface area contributed by atoms with Crippen LogP contribution in [0.3, 0.4) is 0 Å². The van der Waals surface area contributed by atoms with E-state index in [9.17, 15) is 5.11 Å². The van der Waals surface area contributed by atoms with Gasteiger partial charge in [-0.3, -0.25) is 0 Å². The Bertz CT molecular complexity index is 254. The van der Waals surface area contributed by atoms with Crippen LogP contribution in [0.15, 0.2) is 0 Å². The van der Waals surface area contributed by atoms with Crippen molar-refractivity contribution in [3.63, 3.8) is 0 Å². The van der Waals surface area contributed by atoms with E-state index < -0.39 is 0 Å². The van der Waals surface area contributed by atoms with Crippen molar-refractivity contribution in [1.82, 2.24) is 5.32 Å². The second-order valence-electron chi connectivity index (χ2n) is 7.30. The highest BCUT2D eigenvalue weighted by Gasteiger charge is 2.23. The highest BCUT2D eigenvalue weighted by molar-refractivity contribution is 4.79. The van der Waals surface area contributed by atoms with Crippen molar-refractivity contribution in [2.75, 3.05) is 6.54 Å². The molecule has 2 aliphatic rings. The fourth-order valence-electron chi connectivity index (χ4n) is 3.98. The molecule has 0 aromatic carbocycles. The molecule has 0 saturated heterocycles. The normalized spacial score (nSPS) is 37.3. The average Bonchev–Trinajstić information content (AvgIpc) is 2.62. The summed E-state index contributed by atoms with van der Waals surface area (Å²) >= 11 is 0. The fraction of sp³-hybridized carbons (Fsp3) is 1.00. The largest absolute Gasteiger partial charge is 0.393 e. The summed E-state index contributed by atoms with van der Waals surface area (Å²) in [5, 5.41) is 13.5. The van der Waals surface area contributed by atoms with Crippen LogP contribution in [0.2, 0.25) is 0 Å². The van der Waals surface area contributed by atoms with Gasteiger partial charge >= 0.3 is 0 Å². The summed E-state index contributed by atoms with van der Waals surface area (Å²) in [6.07, 6.45) is 11.5. The van der Waals surface area contributed by atoms with Gasteiger partial charge in [-0.15, -0.1) is 0 Å². The second kappa shape index (κ2) is 7.64. The minimum Gasteiger partial charge on any atom is -0.393 e. The third kappa shape index (κ3) is 5.07. The molecule has 2 rings (SSSR count). The number of aliphatic hydroxyl groups excluding tert-OH is 1. The van der Waals surface area contributed by atoms with Crippen LogP contribution in [0.5, 0.6) is 0 Å². The van der Waals surface area contributed by atoms with Crippen LogP contribution in [-0.2, 0) is 0 Å². The minimum absolute atomic E-state index is 0.0278. The van der Waals surface area contributed by atoms with E-state index >= 15 is 0 Å². The van der Waals surface area contributed by atoms with Gasteiger partial charge in [0.15, 0.2) is 0 Å². The Morgan fingerprint density at radius 2 is 1.79 bits per heavy atom. The molecule has 2 aliphatic carbocycles. The van der Waals surface area contributed by atoms with Crippen LogP contribution < -0.4 is 5.32 Å². The molecule has 2 saturated carbocycles. The lowest BCUT2D eigenvalue weighted by atomic mass is 9.87. The molecule has 0 amide bonds. The summed E-state index contributed by atoms with van der Waals surface area (Å²) in [5.74, 6) is 2.52. The third-order valence-corrected chi connectivity index (χ3v) is 5.41.